The summed E-state index contributed by atoms with van der Waals surface area (Å²) in [5, 5.41) is 15.3. The smallest absolute Gasteiger partial charge is 0.305 e. The van der Waals surface area contributed by atoms with E-state index in [0.717, 1.165) is 82.3 Å². The van der Waals surface area contributed by atoms with E-state index in [1.807, 2.05) is 12.1 Å². The van der Waals surface area contributed by atoms with Crippen molar-refractivity contribution in [3.05, 3.63) is 112 Å². The van der Waals surface area contributed by atoms with E-state index in [4.69, 9.17) is 4.74 Å². The molecule has 12 heteroatoms. The molecule has 3 aliphatic heterocycles. The molecule has 3 N–H and O–H groups in total. The van der Waals surface area contributed by atoms with Crippen LogP contribution in [0.3, 0.4) is 0 Å². The van der Waals surface area contributed by atoms with Crippen LogP contribution in [0.4, 0.5) is 17.2 Å². The molecule has 1 aromatic heterocycles. The van der Waals surface area contributed by atoms with E-state index in [1.165, 1.54) is 54.5 Å². The van der Waals surface area contributed by atoms with Crippen molar-refractivity contribution in [3.8, 4) is 5.75 Å². The minimum atomic E-state index is -0.0798. The Kier molecular flexibility index (Phi) is 21.1. The maximum Gasteiger partial charge on any atom is 0.305 e. The lowest BCUT2D eigenvalue weighted by atomic mass is 9.93. The standard InChI is InChI=1S/C19H23N3O2.C15H21NO2.C8H15NO2.C7H7Br/c1-14-2-4-16(5-3-14)22-10-8-15(9-11-22)12-19(24)21-18-7-6-17(23)13-20-18;1-12-3-5-14(6-4-12)16-9-7-13(8-10-16)11-15(17)18-2;1-11-8(10)6-7-2-4-9-5-3-7;1-6-2-4-7(8)5-3-6/h2-7,13,15,23H,8-12H2,1H3,(H,20,21,24);3-6,13H,7-11H2,1-2H3;7,9H,2-6H2,1H3;2-5H,1H3. The third-order valence-corrected chi connectivity index (χ3v) is 11.9. The van der Waals surface area contributed by atoms with Crippen molar-refractivity contribution < 1.29 is 29.0 Å². The van der Waals surface area contributed by atoms with E-state index >= 15 is 0 Å². The minimum absolute atomic E-state index is 0.0121. The van der Waals surface area contributed by atoms with Crippen LogP contribution in [0.1, 0.15) is 74.5 Å². The van der Waals surface area contributed by atoms with Gasteiger partial charge in [-0.15, -0.1) is 0 Å². The van der Waals surface area contributed by atoms with Crippen LogP contribution < -0.4 is 20.4 Å². The predicted octanol–water partition coefficient (Wildman–Crippen LogP) is 9.42. The average molecular weight is 901 g/mol. The van der Waals surface area contributed by atoms with Crippen LogP contribution in [0.5, 0.6) is 5.75 Å². The Morgan fingerprint density at radius 3 is 1.44 bits per heavy atom. The molecule has 330 valence electrons. The summed E-state index contributed by atoms with van der Waals surface area (Å²) in [5.41, 5.74) is 6.41. The van der Waals surface area contributed by atoms with E-state index in [1.54, 1.807) is 6.07 Å². The van der Waals surface area contributed by atoms with Gasteiger partial charge in [0, 0.05) is 61.3 Å². The number of methoxy groups -OCH3 is 2. The van der Waals surface area contributed by atoms with Gasteiger partial charge in [0.1, 0.15) is 11.6 Å². The number of nitrogens with zero attached hydrogens (tertiary/aromatic N) is 3. The van der Waals surface area contributed by atoms with Gasteiger partial charge in [0.25, 0.3) is 0 Å². The Morgan fingerprint density at radius 1 is 0.639 bits per heavy atom. The summed E-state index contributed by atoms with van der Waals surface area (Å²) < 4.78 is 10.5. The first-order valence-corrected chi connectivity index (χ1v) is 22.3. The molecular weight excluding hydrogens is 834 g/mol. The Morgan fingerprint density at radius 2 is 1.05 bits per heavy atom. The van der Waals surface area contributed by atoms with Gasteiger partial charge in [0.15, 0.2) is 0 Å². The van der Waals surface area contributed by atoms with E-state index < -0.39 is 0 Å². The number of halogens is 1. The molecule has 0 saturated carbocycles. The number of piperidine rings is 3. The molecule has 11 nitrogen and oxygen atoms in total. The SMILES string of the molecule is COC(=O)CC1CCN(c2ccc(C)cc2)CC1.COC(=O)CC1CCNCC1.Cc1ccc(Br)cc1.Cc1ccc(N2CCC(CC(=O)Nc3ccc(O)cn3)CC2)cc1. The second-order valence-corrected chi connectivity index (χ2v) is 17.2. The van der Waals surface area contributed by atoms with E-state index in [-0.39, 0.29) is 23.6 Å². The molecule has 0 bridgehead atoms. The molecule has 4 heterocycles. The predicted molar refractivity (Wildman–Crippen MR) is 249 cm³/mol. The van der Waals surface area contributed by atoms with Gasteiger partial charge in [-0.2, -0.15) is 0 Å². The number of anilines is 3. The summed E-state index contributed by atoms with van der Waals surface area (Å²) in [7, 11) is 2.91. The summed E-state index contributed by atoms with van der Waals surface area (Å²) in [6.45, 7) is 12.4. The van der Waals surface area contributed by atoms with Crippen molar-refractivity contribution in [2.24, 2.45) is 17.8 Å². The van der Waals surface area contributed by atoms with Crippen LogP contribution in [-0.2, 0) is 23.9 Å². The Balaban J connectivity index is 0.000000194. The average Bonchev–Trinajstić information content (AvgIpc) is 3.27. The summed E-state index contributed by atoms with van der Waals surface area (Å²) in [6, 6.07) is 28.6. The zero-order valence-corrected chi connectivity index (χ0v) is 38.3. The normalized spacial score (nSPS) is 15.7. The number of carbonyl (C=O) groups excluding carboxylic acids is 3. The minimum Gasteiger partial charge on any atom is -0.506 e. The fourth-order valence-electron chi connectivity index (χ4n) is 7.47. The number of carbonyl (C=O) groups is 3. The topological polar surface area (TPSA) is 133 Å². The van der Waals surface area contributed by atoms with Crippen LogP contribution in [-0.4, -0.2) is 81.4 Å². The lowest BCUT2D eigenvalue weighted by Gasteiger charge is -2.33. The molecule has 0 spiro atoms. The number of esters is 2. The van der Waals surface area contributed by atoms with Crippen molar-refractivity contribution in [2.75, 3.05) is 68.6 Å². The second-order valence-electron chi connectivity index (χ2n) is 16.2. The second kappa shape index (κ2) is 26.4. The molecule has 0 aliphatic carbocycles. The summed E-state index contributed by atoms with van der Waals surface area (Å²) >= 11 is 3.35. The highest BCUT2D eigenvalue weighted by Gasteiger charge is 2.23. The van der Waals surface area contributed by atoms with Crippen molar-refractivity contribution in [1.29, 1.82) is 0 Å². The molecule has 1 amide bonds. The molecule has 4 aromatic rings. The number of aromatic hydroxyl groups is 1. The summed E-state index contributed by atoms with van der Waals surface area (Å²) in [4.78, 5) is 43.0. The van der Waals surface area contributed by atoms with Crippen molar-refractivity contribution >= 4 is 51.0 Å². The number of hydrogen-bond acceptors (Lipinski definition) is 10. The van der Waals surface area contributed by atoms with Gasteiger partial charge < -0.3 is 35.0 Å². The fourth-order valence-corrected chi connectivity index (χ4v) is 7.74. The number of aromatic nitrogens is 1. The Bertz CT molecular complexity index is 1850. The monoisotopic (exact) mass is 899 g/mol. The highest BCUT2D eigenvalue weighted by molar-refractivity contribution is 9.10. The lowest BCUT2D eigenvalue weighted by molar-refractivity contribution is -0.142. The van der Waals surface area contributed by atoms with Gasteiger partial charge in [-0.05, 0) is 139 Å². The Labute approximate surface area is 371 Å². The van der Waals surface area contributed by atoms with E-state index in [9.17, 15) is 19.5 Å². The van der Waals surface area contributed by atoms with Crippen LogP contribution in [0.15, 0.2) is 95.6 Å². The highest BCUT2D eigenvalue weighted by Crippen LogP contribution is 2.27. The van der Waals surface area contributed by atoms with Crippen LogP contribution in [0, 0.1) is 38.5 Å². The van der Waals surface area contributed by atoms with E-state index in [2.05, 4.69) is 128 Å². The van der Waals surface area contributed by atoms with Gasteiger partial charge in [0.05, 0.1) is 20.4 Å². The zero-order chi connectivity index (χ0) is 44.0. The molecule has 3 fully saturated rings. The maximum absolute atomic E-state index is 12.1. The zero-order valence-electron chi connectivity index (χ0n) is 36.7. The fraction of sp³-hybridized carbons (Fsp3) is 0.469. The van der Waals surface area contributed by atoms with Crippen LogP contribution >= 0.6 is 15.9 Å². The third kappa shape index (κ3) is 18.7. The number of aryl methyl sites for hydroxylation is 3. The molecule has 0 radical (unpaired) electrons. The molecule has 0 unspecified atom stereocenters. The molecule has 7 rings (SSSR count). The van der Waals surface area contributed by atoms with Gasteiger partial charge in [-0.3, -0.25) is 14.4 Å². The number of benzene rings is 3. The van der Waals surface area contributed by atoms with Crippen LogP contribution in [0.2, 0.25) is 0 Å². The third-order valence-electron chi connectivity index (χ3n) is 11.4. The first-order chi connectivity index (χ1) is 29.4. The van der Waals surface area contributed by atoms with Crippen LogP contribution in [0.25, 0.3) is 0 Å². The molecule has 3 saturated heterocycles. The Hall–Kier alpha value is -4.94. The van der Waals surface area contributed by atoms with Crippen molar-refractivity contribution in [3.63, 3.8) is 0 Å². The molecular formula is C49H66BrN5O6. The highest BCUT2D eigenvalue weighted by atomic mass is 79.9. The largest absolute Gasteiger partial charge is 0.506 e. The van der Waals surface area contributed by atoms with E-state index in [0.29, 0.717) is 42.8 Å². The number of pyridine rings is 1. The number of rotatable bonds is 9. The first kappa shape index (κ1) is 48.7. The quantitative estimate of drug-likeness (QED) is 0.140. The van der Waals surface area contributed by atoms with Gasteiger partial charge in [-0.25, -0.2) is 4.98 Å². The lowest BCUT2D eigenvalue weighted by Crippen LogP contribution is -2.34. The maximum atomic E-state index is 12.1. The van der Waals surface area contributed by atoms with Gasteiger partial charge >= 0.3 is 11.9 Å². The molecule has 3 aromatic carbocycles. The molecule has 3 aliphatic rings. The summed E-state index contributed by atoms with van der Waals surface area (Å²) in [6.07, 6.45) is 9.40. The van der Waals surface area contributed by atoms with Crippen molar-refractivity contribution in [1.82, 2.24) is 10.3 Å². The first-order valence-electron chi connectivity index (χ1n) is 21.5. The number of ether oxygens (including phenoxy) is 2. The van der Waals surface area contributed by atoms with Crippen molar-refractivity contribution in [2.45, 2.75) is 78.6 Å². The number of nitrogens with one attached hydrogen (secondary N) is 2. The summed E-state index contributed by atoms with van der Waals surface area (Å²) in [5.74, 6) is 1.85. The molecule has 61 heavy (non-hydrogen) atoms. The van der Waals surface area contributed by atoms with Gasteiger partial charge in [-0.1, -0.05) is 69.0 Å². The number of amides is 1. The van der Waals surface area contributed by atoms with Gasteiger partial charge in [0.2, 0.25) is 5.91 Å². The molecule has 0 atom stereocenters. The number of hydrogen-bond donors (Lipinski definition) is 3.